The zero-order valence-electron chi connectivity index (χ0n) is 17.4. The average molecular weight is 417 g/mol. The van der Waals surface area contributed by atoms with Crippen LogP contribution in [0.5, 0.6) is 11.5 Å². The SMILES string of the molecule is CC(C)n1cnc2c(NCc3cccnc3)nc(NCc3ccc4c(c3)OCO4)nc21. The average Bonchev–Trinajstić information content (AvgIpc) is 3.43. The van der Waals surface area contributed by atoms with Crippen LogP contribution in [0.2, 0.25) is 0 Å². The Balaban J connectivity index is 1.42. The van der Waals surface area contributed by atoms with Crippen LogP contribution < -0.4 is 20.1 Å². The van der Waals surface area contributed by atoms with Crippen molar-refractivity contribution < 1.29 is 9.47 Å². The lowest BCUT2D eigenvalue weighted by molar-refractivity contribution is 0.174. The quantitative estimate of drug-likeness (QED) is 0.469. The molecule has 0 bridgehead atoms. The van der Waals surface area contributed by atoms with Crippen molar-refractivity contribution in [3.63, 3.8) is 0 Å². The van der Waals surface area contributed by atoms with E-state index in [2.05, 4.69) is 34.4 Å². The Morgan fingerprint density at radius 2 is 1.90 bits per heavy atom. The number of hydrogen-bond donors (Lipinski definition) is 2. The first kappa shape index (κ1) is 19.1. The summed E-state index contributed by atoms with van der Waals surface area (Å²) in [4.78, 5) is 18.1. The molecule has 0 saturated heterocycles. The van der Waals surface area contributed by atoms with Gasteiger partial charge in [-0.25, -0.2) is 4.98 Å². The second-order valence-electron chi connectivity index (χ2n) is 7.57. The molecule has 9 nitrogen and oxygen atoms in total. The fraction of sp³-hybridized carbons (Fsp3) is 0.273. The Labute approximate surface area is 179 Å². The van der Waals surface area contributed by atoms with Crippen molar-refractivity contribution in [3.8, 4) is 11.5 Å². The van der Waals surface area contributed by atoms with E-state index in [1.54, 1.807) is 12.5 Å². The predicted molar refractivity (Wildman–Crippen MR) is 117 cm³/mol. The van der Waals surface area contributed by atoms with Crippen molar-refractivity contribution in [2.75, 3.05) is 17.4 Å². The molecule has 0 radical (unpaired) electrons. The molecule has 4 aromatic rings. The van der Waals surface area contributed by atoms with Crippen LogP contribution in [-0.2, 0) is 13.1 Å². The lowest BCUT2D eigenvalue weighted by Crippen LogP contribution is -2.09. The molecule has 5 rings (SSSR count). The molecule has 0 spiro atoms. The molecule has 0 fully saturated rings. The summed E-state index contributed by atoms with van der Waals surface area (Å²) >= 11 is 0. The van der Waals surface area contributed by atoms with E-state index in [9.17, 15) is 0 Å². The topological polar surface area (TPSA) is 99.0 Å². The van der Waals surface area contributed by atoms with Gasteiger partial charge in [-0.3, -0.25) is 4.98 Å². The lowest BCUT2D eigenvalue weighted by atomic mass is 10.2. The molecular weight excluding hydrogens is 394 g/mol. The maximum absolute atomic E-state index is 5.47. The number of anilines is 2. The fourth-order valence-corrected chi connectivity index (χ4v) is 3.42. The van der Waals surface area contributed by atoms with Crippen LogP contribution in [0.1, 0.15) is 31.0 Å². The van der Waals surface area contributed by atoms with Crippen LogP contribution in [-0.4, -0.2) is 31.3 Å². The van der Waals surface area contributed by atoms with E-state index >= 15 is 0 Å². The molecule has 158 valence electrons. The molecule has 3 aromatic heterocycles. The molecule has 0 atom stereocenters. The highest BCUT2D eigenvalue weighted by Crippen LogP contribution is 2.32. The second-order valence-corrected chi connectivity index (χ2v) is 7.57. The Morgan fingerprint density at radius 1 is 1.03 bits per heavy atom. The molecule has 0 unspecified atom stereocenters. The highest BCUT2D eigenvalue weighted by atomic mass is 16.7. The molecule has 0 saturated carbocycles. The van der Waals surface area contributed by atoms with Gasteiger partial charge >= 0.3 is 0 Å². The van der Waals surface area contributed by atoms with Crippen molar-refractivity contribution >= 4 is 22.9 Å². The molecule has 9 heteroatoms. The van der Waals surface area contributed by atoms with Gasteiger partial charge in [0.2, 0.25) is 12.7 Å². The number of fused-ring (bicyclic) bond motifs is 2. The zero-order chi connectivity index (χ0) is 21.2. The van der Waals surface area contributed by atoms with Crippen molar-refractivity contribution in [1.29, 1.82) is 0 Å². The standard InChI is InChI=1S/C22H23N7O2/c1-14(2)29-12-26-19-20(24-11-16-4-3-7-23-9-16)27-22(28-21(19)29)25-10-15-5-6-17-18(8-15)31-13-30-17/h3-9,12,14H,10-11,13H2,1-2H3,(H2,24,25,27,28). The third-order valence-corrected chi connectivity index (χ3v) is 5.05. The molecule has 1 aliphatic rings. The van der Waals surface area contributed by atoms with Crippen molar-refractivity contribution in [2.24, 2.45) is 0 Å². The van der Waals surface area contributed by atoms with Crippen LogP contribution in [0.25, 0.3) is 11.2 Å². The Hall–Kier alpha value is -3.88. The van der Waals surface area contributed by atoms with Crippen LogP contribution in [0.4, 0.5) is 11.8 Å². The summed E-state index contributed by atoms with van der Waals surface area (Å²) in [7, 11) is 0. The highest BCUT2D eigenvalue weighted by Gasteiger charge is 2.16. The largest absolute Gasteiger partial charge is 0.454 e. The monoisotopic (exact) mass is 417 g/mol. The zero-order valence-corrected chi connectivity index (χ0v) is 17.4. The van der Waals surface area contributed by atoms with Crippen molar-refractivity contribution in [1.82, 2.24) is 24.5 Å². The van der Waals surface area contributed by atoms with Gasteiger partial charge in [-0.2, -0.15) is 9.97 Å². The Bertz CT molecular complexity index is 1210. The minimum Gasteiger partial charge on any atom is -0.454 e. The number of benzene rings is 1. The first-order chi connectivity index (χ1) is 15.2. The fourth-order valence-electron chi connectivity index (χ4n) is 3.42. The van der Waals surface area contributed by atoms with Gasteiger partial charge in [-0.05, 0) is 43.2 Å². The van der Waals surface area contributed by atoms with Crippen LogP contribution >= 0.6 is 0 Å². The van der Waals surface area contributed by atoms with Crippen LogP contribution in [0, 0.1) is 0 Å². The highest BCUT2D eigenvalue weighted by molar-refractivity contribution is 5.84. The maximum Gasteiger partial charge on any atom is 0.231 e. The van der Waals surface area contributed by atoms with Crippen LogP contribution in [0.3, 0.4) is 0 Å². The molecule has 4 heterocycles. The lowest BCUT2D eigenvalue weighted by Gasteiger charge is -2.12. The number of aromatic nitrogens is 5. The van der Waals surface area contributed by atoms with Gasteiger partial charge in [-0.15, -0.1) is 0 Å². The first-order valence-corrected chi connectivity index (χ1v) is 10.2. The van der Waals surface area contributed by atoms with Gasteiger partial charge in [0.05, 0.1) is 6.33 Å². The number of imidazole rings is 1. The van der Waals surface area contributed by atoms with E-state index in [4.69, 9.17) is 19.4 Å². The maximum atomic E-state index is 5.47. The van der Waals surface area contributed by atoms with Gasteiger partial charge in [0.1, 0.15) is 0 Å². The molecule has 1 aromatic carbocycles. The molecule has 2 N–H and O–H groups in total. The summed E-state index contributed by atoms with van der Waals surface area (Å²) in [6.07, 6.45) is 5.40. The third-order valence-electron chi connectivity index (χ3n) is 5.05. The number of rotatable bonds is 7. The van der Waals surface area contributed by atoms with E-state index in [0.29, 0.717) is 24.9 Å². The number of nitrogens with one attached hydrogen (secondary N) is 2. The van der Waals surface area contributed by atoms with E-state index in [-0.39, 0.29) is 12.8 Å². The second kappa shape index (κ2) is 8.10. The van der Waals surface area contributed by atoms with E-state index in [0.717, 1.165) is 33.8 Å². The molecule has 0 amide bonds. The van der Waals surface area contributed by atoms with E-state index in [1.807, 2.05) is 41.1 Å². The third kappa shape index (κ3) is 3.94. The predicted octanol–water partition coefficient (Wildman–Crippen LogP) is 3.76. The molecule has 1 aliphatic heterocycles. The van der Waals surface area contributed by atoms with Crippen LogP contribution in [0.15, 0.2) is 49.1 Å². The Kier molecular flexibility index (Phi) is 4.99. The number of ether oxygens (including phenoxy) is 2. The smallest absolute Gasteiger partial charge is 0.231 e. The molecular formula is C22H23N7O2. The van der Waals surface area contributed by atoms with Gasteiger partial charge in [0.25, 0.3) is 0 Å². The number of pyridine rings is 1. The van der Waals surface area contributed by atoms with Gasteiger partial charge in [-0.1, -0.05) is 12.1 Å². The molecule has 0 aliphatic carbocycles. The van der Waals surface area contributed by atoms with Gasteiger partial charge < -0.3 is 24.7 Å². The summed E-state index contributed by atoms with van der Waals surface area (Å²) in [5, 5.41) is 6.71. The normalized spacial score (nSPS) is 12.5. The summed E-state index contributed by atoms with van der Waals surface area (Å²) < 4.78 is 12.9. The van der Waals surface area contributed by atoms with Crippen molar-refractivity contribution in [2.45, 2.75) is 33.0 Å². The van der Waals surface area contributed by atoms with Gasteiger partial charge in [0.15, 0.2) is 28.5 Å². The first-order valence-electron chi connectivity index (χ1n) is 10.2. The molecule has 31 heavy (non-hydrogen) atoms. The number of nitrogens with zero attached hydrogens (tertiary/aromatic N) is 5. The summed E-state index contributed by atoms with van der Waals surface area (Å²) in [6, 6.07) is 10.0. The van der Waals surface area contributed by atoms with Gasteiger partial charge in [0, 0.05) is 31.5 Å². The minimum atomic E-state index is 0.229. The van der Waals surface area contributed by atoms with E-state index < -0.39 is 0 Å². The Morgan fingerprint density at radius 3 is 2.74 bits per heavy atom. The van der Waals surface area contributed by atoms with Crippen molar-refractivity contribution in [3.05, 3.63) is 60.2 Å². The summed E-state index contributed by atoms with van der Waals surface area (Å²) in [5.41, 5.74) is 3.64. The minimum absolute atomic E-state index is 0.229. The van der Waals surface area contributed by atoms with E-state index in [1.165, 1.54) is 0 Å². The number of hydrogen-bond acceptors (Lipinski definition) is 8. The summed E-state index contributed by atoms with van der Waals surface area (Å²) in [6.45, 7) is 5.62. The summed E-state index contributed by atoms with van der Waals surface area (Å²) in [5.74, 6) is 2.74.